The van der Waals surface area contributed by atoms with Crippen LogP contribution in [-0.2, 0) is 11.2 Å². The third-order valence-electron chi connectivity index (χ3n) is 4.18. The van der Waals surface area contributed by atoms with Gasteiger partial charge in [-0.3, -0.25) is 9.36 Å². The molecule has 0 fully saturated rings. The maximum absolute atomic E-state index is 12.3. The third kappa shape index (κ3) is 2.83. The maximum atomic E-state index is 12.3. The number of ether oxygens (including phenoxy) is 1. The number of Topliss-reactive ketones (excluding diaryl/α,β-unsaturated/α-hetero) is 1. The molecule has 26 heavy (non-hydrogen) atoms. The second-order valence-corrected chi connectivity index (χ2v) is 5.88. The van der Waals surface area contributed by atoms with Crippen LogP contribution in [0.1, 0.15) is 12.5 Å². The predicted molar refractivity (Wildman–Crippen MR) is 89.2 cm³/mol. The molecule has 0 N–H and O–H groups in total. The van der Waals surface area contributed by atoms with Gasteiger partial charge in [-0.15, -0.1) is 13.2 Å². The van der Waals surface area contributed by atoms with Crippen molar-refractivity contribution in [1.82, 2.24) is 9.55 Å². The van der Waals surface area contributed by atoms with Gasteiger partial charge in [0.25, 0.3) is 0 Å². The summed E-state index contributed by atoms with van der Waals surface area (Å²) in [6, 6.07) is 9.14. The highest BCUT2D eigenvalue weighted by Gasteiger charge is 2.31. The standard InChI is InChI=1S/C18H12F3N3O2/c1-10-16(25)8-13-14(23-10)6-7-15-17(13)22-9-24(15)11-2-4-12(5-3-11)26-18(19,20)21/h2-7,9H,8H2,1H3. The summed E-state index contributed by atoms with van der Waals surface area (Å²) in [5.74, 6) is -0.341. The first kappa shape index (κ1) is 16.3. The summed E-state index contributed by atoms with van der Waals surface area (Å²) >= 11 is 0. The van der Waals surface area contributed by atoms with E-state index in [0.29, 0.717) is 22.6 Å². The fourth-order valence-electron chi connectivity index (χ4n) is 2.95. The molecule has 0 saturated heterocycles. The topological polar surface area (TPSA) is 56.5 Å². The number of hydrogen-bond acceptors (Lipinski definition) is 4. The molecule has 0 atom stereocenters. The Labute approximate surface area is 145 Å². The molecule has 8 heteroatoms. The zero-order valence-electron chi connectivity index (χ0n) is 13.5. The van der Waals surface area contributed by atoms with Gasteiger partial charge in [0.2, 0.25) is 0 Å². The van der Waals surface area contributed by atoms with Crippen LogP contribution < -0.4 is 4.74 Å². The number of aromatic nitrogens is 2. The van der Waals surface area contributed by atoms with E-state index in [1.807, 2.05) is 12.1 Å². The van der Waals surface area contributed by atoms with Gasteiger partial charge < -0.3 is 4.74 Å². The summed E-state index contributed by atoms with van der Waals surface area (Å²) < 4.78 is 42.4. The molecule has 132 valence electrons. The van der Waals surface area contributed by atoms with Crippen LogP contribution in [0.4, 0.5) is 18.9 Å². The first-order chi connectivity index (χ1) is 12.3. The summed E-state index contributed by atoms with van der Waals surface area (Å²) in [5.41, 5.74) is 3.97. The van der Waals surface area contributed by atoms with Crippen LogP contribution >= 0.6 is 0 Å². The Bertz CT molecular complexity index is 1050. The summed E-state index contributed by atoms with van der Waals surface area (Å²) in [7, 11) is 0. The number of rotatable bonds is 2. The van der Waals surface area contributed by atoms with Gasteiger partial charge in [-0.05, 0) is 43.3 Å². The van der Waals surface area contributed by atoms with Gasteiger partial charge in [0.1, 0.15) is 12.1 Å². The normalized spacial score (nSPS) is 14.3. The minimum Gasteiger partial charge on any atom is -0.406 e. The van der Waals surface area contributed by atoms with Crippen molar-refractivity contribution in [3.63, 3.8) is 0 Å². The quantitative estimate of drug-likeness (QED) is 0.691. The SMILES string of the molecule is CC1=Nc2ccc3c(ncn3-c3ccc(OC(F)(F)F)cc3)c2CC1=O. The molecule has 0 bridgehead atoms. The summed E-state index contributed by atoms with van der Waals surface area (Å²) in [5, 5.41) is 0. The molecule has 1 aromatic heterocycles. The van der Waals surface area contributed by atoms with Gasteiger partial charge in [-0.2, -0.15) is 0 Å². The molecule has 2 heterocycles. The molecule has 0 amide bonds. The van der Waals surface area contributed by atoms with Crippen molar-refractivity contribution < 1.29 is 22.7 Å². The summed E-state index contributed by atoms with van der Waals surface area (Å²) in [4.78, 5) is 20.6. The summed E-state index contributed by atoms with van der Waals surface area (Å²) in [6.07, 6.45) is -2.93. The zero-order chi connectivity index (χ0) is 18.5. The van der Waals surface area contributed by atoms with E-state index in [4.69, 9.17) is 0 Å². The molecule has 1 aliphatic rings. The highest BCUT2D eigenvalue weighted by atomic mass is 19.4. The number of fused-ring (bicyclic) bond motifs is 3. The molecular weight excluding hydrogens is 347 g/mol. The second-order valence-electron chi connectivity index (χ2n) is 5.88. The van der Waals surface area contributed by atoms with Gasteiger partial charge in [0.15, 0.2) is 5.78 Å². The molecule has 1 aliphatic heterocycles. The van der Waals surface area contributed by atoms with E-state index >= 15 is 0 Å². The number of aliphatic imine (C=N–C) groups is 1. The average molecular weight is 359 g/mol. The predicted octanol–water partition coefficient (Wildman–Crippen LogP) is 4.14. The Hall–Kier alpha value is -3.16. The molecule has 4 rings (SSSR count). The Morgan fingerprint density at radius 3 is 2.54 bits per heavy atom. The van der Waals surface area contributed by atoms with E-state index < -0.39 is 6.36 Å². The highest BCUT2D eigenvalue weighted by molar-refractivity contribution is 6.41. The number of ketones is 1. The van der Waals surface area contributed by atoms with E-state index in [9.17, 15) is 18.0 Å². The van der Waals surface area contributed by atoms with Gasteiger partial charge in [-0.1, -0.05) is 0 Å². The smallest absolute Gasteiger partial charge is 0.406 e. The number of halogens is 3. The molecule has 0 unspecified atom stereocenters. The van der Waals surface area contributed by atoms with Crippen molar-refractivity contribution in [2.24, 2.45) is 4.99 Å². The number of hydrogen-bond donors (Lipinski definition) is 0. The number of nitrogens with zero attached hydrogens (tertiary/aromatic N) is 3. The van der Waals surface area contributed by atoms with Crippen molar-refractivity contribution in [2.75, 3.05) is 0 Å². The lowest BCUT2D eigenvalue weighted by Crippen LogP contribution is -2.17. The van der Waals surface area contributed by atoms with Gasteiger partial charge in [-0.25, -0.2) is 9.98 Å². The Kier molecular flexibility index (Phi) is 3.57. The van der Waals surface area contributed by atoms with Crippen LogP contribution in [0, 0.1) is 0 Å². The van der Waals surface area contributed by atoms with Crippen LogP contribution in [0.3, 0.4) is 0 Å². The molecule has 0 aliphatic carbocycles. The van der Waals surface area contributed by atoms with Crippen molar-refractivity contribution in [3.05, 3.63) is 48.3 Å². The molecule has 2 aromatic carbocycles. The maximum Gasteiger partial charge on any atom is 0.573 e. The van der Waals surface area contributed by atoms with Gasteiger partial charge in [0.05, 0.1) is 22.4 Å². The van der Waals surface area contributed by atoms with Crippen LogP contribution in [0.2, 0.25) is 0 Å². The minimum absolute atomic E-state index is 0.0480. The lowest BCUT2D eigenvalue weighted by Gasteiger charge is -2.13. The molecule has 0 saturated carbocycles. The second kappa shape index (κ2) is 5.69. The van der Waals surface area contributed by atoms with Crippen molar-refractivity contribution >= 4 is 28.2 Å². The van der Waals surface area contributed by atoms with Crippen LogP contribution in [0.25, 0.3) is 16.7 Å². The molecular formula is C18H12F3N3O2. The van der Waals surface area contributed by atoms with E-state index in [1.165, 1.54) is 24.3 Å². The van der Waals surface area contributed by atoms with Crippen molar-refractivity contribution in [1.29, 1.82) is 0 Å². The number of benzene rings is 2. The number of carbonyl (C=O) groups is 1. The van der Waals surface area contributed by atoms with Crippen molar-refractivity contribution in [3.8, 4) is 11.4 Å². The van der Waals surface area contributed by atoms with Crippen molar-refractivity contribution in [2.45, 2.75) is 19.7 Å². The molecule has 5 nitrogen and oxygen atoms in total. The monoisotopic (exact) mass is 359 g/mol. The van der Waals surface area contributed by atoms with E-state index in [1.54, 1.807) is 17.8 Å². The number of imidazole rings is 1. The number of carbonyl (C=O) groups excluding carboxylic acids is 1. The Morgan fingerprint density at radius 2 is 1.85 bits per heavy atom. The molecule has 3 aromatic rings. The van der Waals surface area contributed by atoms with Crippen LogP contribution in [0.5, 0.6) is 5.75 Å². The highest BCUT2D eigenvalue weighted by Crippen LogP contribution is 2.32. The van der Waals surface area contributed by atoms with Gasteiger partial charge in [0, 0.05) is 17.7 Å². The lowest BCUT2D eigenvalue weighted by atomic mass is 9.99. The Morgan fingerprint density at radius 1 is 1.12 bits per heavy atom. The van der Waals surface area contributed by atoms with Crippen LogP contribution in [-0.4, -0.2) is 27.4 Å². The van der Waals surface area contributed by atoms with Crippen LogP contribution in [0.15, 0.2) is 47.7 Å². The average Bonchev–Trinajstić information content (AvgIpc) is 3.00. The zero-order valence-corrected chi connectivity index (χ0v) is 13.5. The number of alkyl halides is 3. The molecule has 0 radical (unpaired) electrons. The molecule has 0 spiro atoms. The lowest BCUT2D eigenvalue weighted by molar-refractivity contribution is -0.274. The third-order valence-corrected chi connectivity index (χ3v) is 4.18. The van der Waals surface area contributed by atoms with E-state index in [2.05, 4.69) is 14.7 Å². The fourth-order valence-corrected chi connectivity index (χ4v) is 2.95. The first-order valence-electron chi connectivity index (χ1n) is 7.75. The largest absolute Gasteiger partial charge is 0.573 e. The van der Waals surface area contributed by atoms with E-state index in [0.717, 1.165) is 11.1 Å². The summed E-state index contributed by atoms with van der Waals surface area (Å²) in [6.45, 7) is 1.68. The van der Waals surface area contributed by atoms with E-state index in [-0.39, 0.29) is 18.0 Å². The Balaban J connectivity index is 1.75. The van der Waals surface area contributed by atoms with Gasteiger partial charge >= 0.3 is 6.36 Å². The first-order valence-corrected chi connectivity index (χ1v) is 7.75. The minimum atomic E-state index is -4.73. The fraction of sp³-hybridized carbons (Fsp3) is 0.167.